The van der Waals surface area contributed by atoms with Crippen molar-refractivity contribution in [3.8, 4) is 11.4 Å². The first-order valence-corrected chi connectivity index (χ1v) is 20.2. The summed E-state index contributed by atoms with van der Waals surface area (Å²) in [7, 11) is 0. The molecule has 11 rings (SSSR count). The number of hydrogen-bond acceptors (Lipinski definition) is 2. The van der Waals surface area contributed by atoms with E-state index in [1.54, 1.807) is 0 Å². The van der Waals surface area contributed by atoms with Crippen molar-refractivity contribution < 1.29 is 0 Å². The van der Waals surface area contributed by atoms with Gasteiger partial charge in [-0.15, -0.1) is 22.7 Å². The van der Waals surface area contributed by atoms with Crippen LogP contribution in [0.4, 0.5) is 0 Å². The van der Waals surface area contributed by atoms with Gasteiger partial charge in [-0.05, 0) is 109 Å². The van der Waals surface area contributed by atoms with Gasteiger partial charge in [0.2, 0.25) is 0 Å². The Labute approximate surface area is 319 Å². The summed E-state index contributed by atoms with van der Waals surface area (Å²) in [6, 6.07) is 36.3. The van der Waals surface area contributed by atoms with Crippen LogP contribution >= 0.6 is 34.3 Å². The number of benzene rings is 5. The van der Waals surface area contributed by atoms with Crippen molar-refractivity contribution in [2.75, 3.05) is 0 Å². The standard InChI is InChI=1S/C46H37ClN4S2/c1-24-16-26(3)42-35(18-24)50-39(22-31-29-12-8-10-14-37(29)52-44(31)50)48(42)33-20-28(46(5,6)7)21-34(41(33)47)49-40-23-32-30-13-9-11-15-38(30)53-45(32)51(40)36-19-25(2)17-27(4)43(36)49/h8-23H,1-7H3. The molecule has 0 unspecified atom stereocenters. The topological polar surface area (TPSA) is 18.7 Å². The predicted octanol–water partition coefficient (Wildman–Crippen LogP) is 14.0. The van der Waals surface area contributed by atoms with E-state index in [0.717, 1.165) is 27.7 Å². The summed E-state index contributed by atoms with van der Waals surface area (Å²) >= 11 is 11.7. The third-order valence-corrected chi connectivity index (χ3v) is 14.0. The lowest BCUT2D eigenvalue weighted by Crippen LogP contribution is -2.14. The third kappa shape index (κ3) is 4.17. The maximum atomic E-state index is 7.96. The summed E-state index contributed by atoms with van der Waals surface area (Å²) in [6.45, 7) is 15.8. The second-order valence-electron chi connectivity index (χ2n) is 16.0. The van der Waals surface area contributed by atoms with Gasteiger partial charge in [0.05, 0.1) is 38.5 Å². The van der Waals surface area contributed by atoms with E-state index in [1.807, 2.05) is 22.7 Å². The van der Waals surface area contributed by atoms with E-state index < -0.39 is 0 Å². The van der Waals surface area contributed by atoms with Crippen LogP contribution in [0.1, 0.15) is 48.6 Å². The average Bonchev–Trinajstić information content (AvgIpc) is 3.92. The molecule has 260 valence electrons. The molecule has 0 amide bonds. The lowest BCUT2D eigenvalue weighted by molar-refractivity contribution is 0.589. The third-order valence-electron chi connectivity index (χ3n) is 11.3. The first-order chi connectivity index (χ1) is 25.5. The van der Waals surface area contributed by atoms with E-state index in [9.17, 15) is 0 Å². The van der Waals surface area contributed by atoms with Crippen LogP contribution in [0.25, 0.3) is 85.3 Å². The van der Waals surface area contributed by atoms with Crippen LogP contribution in [0.5, 0.6) is 0 Å². The van der Waals surface area contributed by atoms with Gasteiger partial charge in [-0.1, -0.05) is 80.9 Å². The van der Waals surface area contributed by atoms with E-state index in [4.69, 9.17) is 11.6 Å². The van der Waals surface area contributed by atoms with Gasteiger partial charge in [0.25, 0.3) is 0 Å². The van der Waals surface area contributed by atoms with Crippen LogP contribution in [0, 0.1) is 27.7 Å². The molecule has 6 heterocycles. The second-order valence-corrected chi connectivity index (χ2v) is 18.4. The van der Waals surface area contributed by atoms with Gasteiger partial charge in [0, 0.05) is 30.9 Å². The molecular weight excluding hydrogens is 708 g/mol. The van der Waals surface area contributed by atoms with E-state index in [1.165, 1.54) is 90.5 Å². The molecule has 0 aliphatic heterocycles. The fourth-order valence-electron chi connectivity index (χ4n) is 8.97. The van der Waals surface area contributed by atoms with Crippen LogP contribution in [0.15, 0.2) is 97.1 Å². The van der Waals surface area contributed by atoms with Crippen LogP contribution in [-0.2, 0) is 5.41 Å². The molecule has 0 radical (unpaired) electrons. The Kier molecular flexibility index (Phi) is 6.28. The van der Waals surface area contributed by atoms with E-state index in [-0.39, 0.29) is 5.41 Å². The summed E-state index contributed by atoms with van der Waals surface area (Å²) in [5.41, 5.74) is 15.1. The van der Waals surface area contributed by atoms with Crippen LogP contribution < -0.4 is 0 Å². The zero-order valence-electron chi connectivity index (χ0n) is 30.7. The van der Waals surface area contributed by atoms with Crippen molar-refractivity contribution in [1.82, 2.24) is 17.9 Å². The minimum Gasteiger partial charge on any atom is -0.292 e. The highest BCUT2D eigenvalue weighted by Crippen LogP contribution is 2.46. The summed E-state index contributed by atoms with van der Waals surface area (Å²) in [6.07, 6.45) is 0. The Morgan fingerprint density at radius 1 is 0.528 bits per heavy atom. The fraction of sp³-hybridized carbons (Fsp3) is 0.174. The van der Waals surface area contributed by atoms with Crippen molar-refractivity contribution in [1.29, 1.82) is 0 Å². The van der Waals surface area contributed by atoms with Crippen molar-refractivity contribution in [2.45, 2.75) is 53.9 Å². The van der Waals surface area contributed by atoms with Gasteiger partial charge >= 0.3 is 0 Å². The van der Waals surface area contributed by atoms with Crippen LogP contribution in [-0.4, -0.2) is 17.9 Å². The number of hydrogen-bond donors (Lipinski definition) is 0. The molecule has 0 saturated heterocycles. The molecule has 0 atom stereocenters. The number of imidazole rings is 2. The molecule has 0 fully saturated rings. The fourth-order valence-corrected chi connectivity index (χ4v) is 11.7. The van der Waals surface area contributed by atoms with Crippen molar-refractivity contribution in [3.05, 3.63) is 130 Å². The van der Waals surface area contributed by atoms with E-state index in [0.29, 0.717) is 0 Å². The van der Waals surface area contributed by atoms with Crippen LogP contribution in [0.2, 0.25) is 5.02 Å². The molecule has 0 aliphatic rings. The zero-order chi connectivity index (χ0) is 36.2. The average molecular weight is 745 g/mol. The summed E-state index contributed by atoms with van der Waals surface area (Å²) < 4.78 is 12.4. The molecule has 6 aromatic heterocycles. The lowest BCUT2D eigenvalue weighted by atomic mass is 9.86. The first-order valence-electron chi connectivity index (χ1n) is 18.2. The Morgan fingerprint density at radius 3 is 1.40 bits per heavy atom. The minimum absolute atomic E-state index is 0.138. The number of nitrogens with zero attached hydrogens (tertiary/aromatic N) is 4. The highest BCUT2D eigenvalue weighted by Gasteiger charge is 2.28. The van der Waals surface area contributed by atoms with E-state index >= 15 is 0 Å². The normalized spacial score (nSPS) is 12.9. The molecule has 0 bridgehead atoms. The van der Waals surface area contributed by atoms with Gasteiger partial charge in [-0.3, -0.25) is 17.9 Å². The molecule has 0 N–H and O–H groups in total. The Morgan fingerprint density at radius 2 is 0.962 bits per heavy atom. The van der Waals surface area contributed by atoms with E-state index in [2.05, 4.69) is 163 Å². The lowest BCUT2D eigenvalue weighted by Gasteiger charge is -2.24. The molecule has 0 saturated carbocycles. The van der Waals surface area contributed by atoms with Crippen molar-refractivity contribution in [3.63, 3.8) is 0 Å². The smallest absolute Gasteiger partial charge is 0.124 e. The van der Waals surface area contributed by atoms with Crippen molar-refractivity contribution in [2.24, 2.45) is 0 Å². The van der Waals surface area contributed by atoms with Crippen molar-refractivity contribution >= 4 is 108 Å². The van der Waals surface area contributed by atoms with Gasteiger partial charge in [0.15, 0.2) is 0 Å². The maximum absolute atomic E-state index is 7.96. The number of thiophene rings is 2. The molecule has 0 spiro atoms. The van der Waals surface area contributed by atoms with Gasteiger partial charge in [0.1, 0.15) is 21.0 Å². The number of aryl methyl sites for hydroxylation is 4. The number of fused-ring (bicyclic) bond motifs is 14. The van der Waals surface area contributed by atoms with Crippen LogP contribution in [0.3, 0.4) is 0 Å². The maximum Gasteiger partial charge on any atom is 0.124 e. The Hall–Kier alpha value is -5.01. The molecule has 5 aromatic carbocycles. The molecule has 0 aliphatic carbocycles. The Balaban J connectivity index is 1.32. The van der Waals surface area contributed by atoms with Gasteiger partial charge < -0.3 is 0 Å². The largest absolute Gasteiger partial charge is 0.292 e. The summed E-state index contributed by atoms with van der Waals surface area (Å²) in [5, 5.41) is 5.89. The molecule has 11 aromatic rings. The number of rotatable bonds is 2. The SMILES string of the molecule is Cc1cc(C)c2c(c1)n1c3sc4ccccc4c3cc1n2-c1cc(C(C)(C)C)cc(-n2c3c(C)cc(C)cc3n3c4sc5ccccc5c4cc23)c1Cl. The molecule has 53 heavy (non-hydrogen) atoms. The molecular formula is C46H37ClN4S2. The number of aromatic nitrogens is 4. The van der Waals surface area contributed by atoms with Gasteiger partial charge in [-0.2, -0.15) is 0 Å². The molecule has 4 nitrogen and oxygen atoms in total. The Bertz CT molecular complexity index is 3170. The second kappa shape index (κ2) is 10.6. The highest BCUT2D eigenvalue weighted by molar-refractivity contribution is 7.26. The monoisotopic (exact) mass is 744 g/mol. The summed E-state index contributed by atoms with van der Waals surface area (Å²) in [5.74, 6) is 0. The highest BCUT2D eigenvalue weighted by atomic mass is 35.5. The predicted molar refractivity (Wildman–Crippen MR) is 230 cm³/mol. The summed E-state index contributed by atoms with van der Waals surface area (Å²) in [4.78, 5) is 2.53. The number of halogens is 1. The zero-order valence-corrected chi connectivity index (χ0v) is 33.1. The molecule has 7 heteroatoms. The first kappa shape index (κ1) is 31.5. The van der Waals surface area contributed by atoms with Gasteiger partial charge in [-0.25, -0.2) is 0 Å². The quantitative estimate of drug-likeness (QED) is 0.168. The minimum atomic E-state index is -0.138.